The predicted molar refractivity (Wildman–Crippen MR) is 126 cm³/mol. The molecule has 4 aromatic rings. The standard InChI is InChI=1S/C25H24ClN3O4/c1-28(13-12-17-10-11-23(31-2)24(15-17)32-3)25(30)21-16-19(22-9-6-14-33-22)27-29(21)20-8-5-4-7-18(20)26/h4-11,14-16H,12-13H2,1-3H3. The van der Waals surface area contributed by atoms with Gasteiger partial charge in [0, 0.05) is 19.7 Å². The smallest absolute Gasteiger partial charge is 0.272 e. The molecule has 33 heavy (non-hydrogen) atoms. The number of hydrogen-bond acceptors (Lipinski definition) is 5. The zero-order valence-corrected chi connectivity index (χ0v) is 19.4. The molecule has 2 heterocycles. The van der Waals surface area contributed by atoms with Crippen LogP contribution < -0.4 is 9.47 Å². The number of carbonyl (C=O) groups excluding carboxylic acids is 1. The molecule has 0 N–H and O–H groups in total. The number of nitrogens with zero attached hydrogens (tertiary/aromatic N) is 3. The van der Waals surface area contributed by atoms with E-state index in [-0.39, 0.29) is 5.91 Å². The van der Waals surface area contributed by atoms with Crippen molar-refractivity contribution in [2.24, 2.45) is 0 Å². The molecule has 4 rings (SSSR count). The second-order valence-electron chi connectivity index (χ2n) is 7.42. The van der Waals surface area contributed by atoms with Gasteiger partial charge in [0.25, 0.3) is 5.91 Å². The lowest BCUT2D eigenvalue weighted by atomic mass is 10.1. The maximum Gasteiger partial charge on any atom is 0.272 e. The van der Waals surface area contributed by atoms with Crippen LogP contribution in [0.5, 0.6) is 11.5 Å². The van der Waals surface area contributed by atoms with Crippen LogP contribution >= 0.6 is 11.6 Å². The van der Waals surface area contributed by atoms with Crippen molar-refractivity contribution >= 4 is 17.5 Å². The Balaban J connectivity index is 1.60. The number of amides is 1. The first-order chi connectivity index (χ1) is 16.0. The average Bonchev–Trinajstić information content (AvgIpc) is 3.52. The number of hydrogen-bond donors (Lipinski definition) is 0. The summed E-state index contributed by atoms with van der Waals surface area (Å²) in [6.07, 6.45) is 2.22. The summed E-state index contributed by atoms with van der Waals surface area (Å²) in [6.45, 7) is 0.498. The summed E-state index contributed by atoms with van der Waals surface area (Å²) in [7, 11) is 4.96. The van der Waals surface area contributed by atoms with E-state index in [4.69, 9.17) is 25.5 Å². The quantitative estimate of drug-likeness (QED) is 0.361. The fraction of sp³-hybridized carbons (Fsp3) is 0.200. The molecule has 0 aliphatic heterocycles. The van der Waals surface area contributed by atoms with Crippen LogP contribution in [0.4, 0.5) is 0 Å². The lowest BCUT2D eigenvalue weighted by molar-refractivity contribution is 0.0787. The Labute approximate surface area is 197 Å². The SMILES string of the molecule is COc1ccc(CCN(C)C(=O)c2cc(-c3ccco3)nn2-c2ccccc2Cl)cc1OC. The predicted octanol–water partition coefficient (Wildman–Crippen LogP) is 5.12. The van der Waals surface area contributed by atoms with Gasteiger partial charge in [0.05, 0.1) is 31.2 Å². The minimum atomic E-state index is -0.180. The molecule has 0 fully saturated rings. The van der Waals surface area contributed by atoms with Gasteiger partial charge >= 0.3 is 0 Å². The molecule has 2 aromatic carbocycles. The first-order valence-corrected chi connectivity index (χ1v) is 10.7. The van der Waals surface area contributed by atoms with E-state index in [9.17, 15) is 4.79 Å². The van der Waals surface area contributed by atoms with Crippen molar-refractivity contribution in [2.75, 3.05) is 27.8 Å². The molecule has 1 amide bonds. The van der Waals surface area contributed by atoms with Crippen molar-refractivity contribution in [2.45, 2.75) is 6.42 Å². The summed E-state index contributed by atoms with van der Waals surface area (Å²) in [5.41, 5.74) is 2.60. The summed E-state index contributed by atoms with van der Waals surface area (Å²) in [4.78, 5) is 15.1. The molecule has 0 unspecified atom stereocenters. The minimum Gasteiger partial charge on any atom is -0.493 e. The number of furan rings is 1. The van der Waals surface area contributed by atoms with Crippen molar-refractivity contribution in [3.05, 3.63) is 83.2 Å². The Morgan fingerprint density at radius 3 is 2.55 bits per heavy atom. The molecule has 0 spiro atoms. The van der Waals surface area contributed by atoms with Crippen LogP contribution in [-0.4, -0.2) is 48.4 Å². The highest BCUT2D eigenvalue weighted by Crippen LogP contribution is 2.28. The molecule has 7 nitrogen and oxygen atoms in total. The topological polar surface area (TPSA) is 69.7 Å². The van der Waals surface area contributed by atoms with Gasteiger partial charge in [-0.3, -0.25) is 4.79 Å². The van der Waals surface area contributed by atoms with Crippen molar-refractivity contribution in [1.29, 1.82) is 0 Å². The maximum absolute atomic E-state index is 13.4. The lowest BCUT2D eigenvalue weighted by Crippen LogP contribution is -2.30. The number of para-hydroxylation sites is 1. The lowest BCUT2D eigenvalue weighted by Gasteiger charge is -2.18. The first kappa shape index (κ1) is 22.5. The normalized spacial score (nSPS) is 10.8. The third kappa shape index (κ3) is 4.73. The van der Waals surface area contributed by atoms with E-state index < -0.39 is 0 Å². The summed E-state index contributed by atoms with van der Waals surface area (Å²) in [5, 5.41) is 5.10. The summed E-state index contributed by atoms with van der Waals surface area (Å²) in [6, 6.07) is 18.3. The molecule has 0 aliphatic carbocycles. The van der Waals surface area contributed by atoms with Crippen LogP contribution in [-0.2, 0) is 6.42 Å². The summed E-state index contributed by atoms with van der Waals surface area (Å²) < 4.78 is 17.7. The van der Waals surface area contributed by atoms with Crippen LogP contribution in [0.2, 0.25) is 5.02 Å². The molecule has 0 saturated heterocycles. The molecular weight excluding hydrogens is 442 g/mol. The highest BCUT2D eigenvalue weighted by Gasteiger charge is 2.22. The number of ether oxygens (including phenoxy) is 2. The molecular formula is C25H24ClN3O4. The zero-order valence-electron chi connectivity index (χ0n) is 18.6. The van der Waals surface area contributed by atoms with Crippen LogP contribution in [0, 0.1) is 0 Å². The number of rotatable bonds is 8. The Bertz CT molecular complexity index is 1250. The minimum absolute atomic E-state index is 0.180. The second kappa shape index (κ2) is 9.83. The largest absolute Gasteiger partial charge is 0.493 e. The van der Waals surface area contributed by atoms with E-state index in [1.165, 1.54) is 0 Å². The van der Waals surface area contributed by atoms with Gasteiger partial charge in [-0.2, -0.15) is 5.10 Å². The fourth-order valence-electron chi connectivity index (χ4n) is 3.52. The molecule has 170 valence electrons. The number of methoxy groups -OCH3 is 2. The van der Waals surface area contributed by atoms with Gasteiger partial charge < -0.3 is 18.8 Å². The van der Waals surface area contributed by atoms with Gasteiger partial charge in [-0.1, -0.05) is 29.8 Å². The Kier molecular flexibility index (Phi) is 6.70. The van der Waals surface area contributed by atoms with Crippen molar-refractivity contribution in [3.8, 4) is 28.6 Å². The van der Waals surface area contributed by atoms with Gasteiger partial charge in [-0.05, 0) is 48.4 Å². The summed E-state index contributed by atoms with van der Waals surface area (Å²) in [5.74, 6) is 1.71. The van der Waals surface area contributed by atoms with Gasteiger partial charge in [0.15, 0.2) is 17.3 Å². The molecule has 0 radical (unpaired) electrons. The molecule has 2 aromatic heterocycles. The Morgan fingerprint density at radius 1 is 1.06 bits per heavy atom. The van der Waals surface area contributed by atoms with Crippen molar-refractivity contribution in [1.82, 2.24) is 14.7 Å². The monoisotopic (exact) mass is 465 g/mol. The number of halogens is 1. The van der Waals surface area contributed by atoms with Gasteiger partial charge in [-0.15, -0.1) is 0 Å². The second-order valence-corrected chi connectivity index (χ2v) is 7.83. The molecule has 8 heteroatoms. The molecule has 0 bridgehead atoms. The van der Waals surface area contributed by atoms with Crippen LogP contribution in [0.1, 0.15) is 16.1 Å². The number of aromatic nitrogens is 2. The fourth-order valence-corrected chi connectivity index (χ4v) is 3.73. The number of benzene rings is 2. The van der Waals surface area contributed by atoms with E-state index in [0.717, 1.165) is 5.56 Å². The maximum atomic E-state index is 13.4. The zero-order chi connectivity index (χ0) is 23.4. The van der Waals surface area contributed by atoms with Gasteiger partial charge in [0.1, 0.15) is 11.4 Å². The molecule has 0 saturated carbocycles. The Morgan fingerprint density at radius 2 is 1.85 bits per heavy atom. The van der Waals surface area contributed by atoms with E-state index >= 15 is 0 Å². The number of carbonyl (C=O) groups is 1. The van der Waals surface area contributed by atoms with Crippen molar-refractivity contribution in [3.63, 3.8) is 0 Å². The third-order valence-corrected chi connectivity index (χ3v) is 5.63. The van der Waals surface area contributed by atoms with E-state index in [0.29, 0.717) is 52.3 Å². The van der Waals surface area contributed by atoms with Crippen LogP contribution in [0.3, 0.4) is 0 Å². The van der Waals surface area contributed by atoms with Crippen molar-refractivity contribution < 1.29 is 18.7 Å². The first-order valence-electron chi connectivity index (χ1n) is 10.4. The molecule has 0 aliphatic rings. The third-order valence-electron chi connectivity index (χ3n) is 5.31. The van der Waals surface area contributed by atoms with Crippen LogP contribution in [0.15, 0.2) is 71.3 Å². The van der Waals surface area contributed by atoms with E-state index in [1.807, 2.05) is 36.4 Å². The summed E-state index contributed by atoms with van der Waals surface area (Å²) >= 11 is 6.41. The Hall–Kier alpha value is -3.71. The van der Waals surface area contributed by atoms with Gasteiger partial charge in [-0.25, -0.2) is 4.68 Å². The number of likely N-dealkylation sites (N-methyl/N-ethyl adjacent to an activating group) is 1. The highest BCUT2D eigenvalue weighted by atomic mass is 35.5. The average molecular weight is 466 g/mol. The van der Waals surface area contributed by atoms with E-state index in [1.54, 1.807) is 61.4 Å². The molecule has 0 atom stereocenters. The highest BCUT2D eigenvalue weighted by molar-refractivity contribution is 6.32. The van der Waals surface area contributed by atoms with E-state index in [2.05, 4.69) is 5.10 Å². The van der Waals surface area contributed by atoms with Gasteiger partial charge in [0.2, 0.25) is 0 Å². The van der Waals surface area contributed by atoms with Crippen LogP contribution in [0.25, 0.3) is 17.1 Å².